The van der Waals surface area contributed by atoms with Crippen LogP contribution in [0.5, 0.6) is 5.75 Å². The van der Waals surface area contributed by atoms with Gasteiger partial charge >= 0.3 is 0 Å². The van der Waals surface area contributed by atoms with E-state index in [1.165, 1.54) is 32.4 Å². The van der Waals surface area contributed by atoms with Crippen LogP contribution in [0.15, 0.2) is 47.4 Å². The Kier molecular flexibility index (Phi) is 6.80. The minimum atomic E-state index is -3.98. The highest BCUT2D eigenvalue weighted by Gasteiger charge is 2.26. The van der Waals surface area contributed by atoms with Crippen molar-refractivity contribution in [3.63, 3.8) is 0 Å². The molecule has 0 bridgehead atoms. The van der Waals surface area contributed by atoms with Crippen LogP contribution in [0.2, 0.25) is 5.02 Å². The molecular weight excluding hydrogens is 390 g/mol. The third-order valence-corrected chi connectivity index (χ3v) is 5.76. The van der Waals surface area contributed by atoms with Crippen molar-refractivity contribution < 1.29 is 17.9 Å². The first-order valence-electron chi connectivity index (χ1n) is 7.83. The lowest BCUT2D eigenvalue weighted by Crippen LogP contribution is -2.35. The molecule has 2 rings (SSSR count). The van der Waals surface area contributed by atoms with Gasteiger partial charge in [-0.3, -0.25) is 4.79 Å². The average molecular weight is 408 g/mol. The largest absolute Gasteiger partial charge is 0.495 e. The highest BCUT2D eigenvalue weighted by molar-refractivity contribution is 7.89. The second-order valence-electron chi connectivity index (χ2n) is 5.64. The molecule has 142 valence electrons. The van der Waals surface area contributed by atoms with Crippen LogP contribution in [0.1, 0.15) is 5.56 Å². The molecule has 1 N–H and O–H groups in total. The third-order valence-electron chi connectivity index (χ3n) is 3.70. The van der Waals surface area contributed by atoms with Gasteiger partial charge in [-0.2, -0.15) is 9.57 Å². The van der Waals surface area contributed by atoms with Gasteiger partial charge in [-0.1, -0.05) is 23.7 Å². The number of nitrogens with one attached hydrogen (secondary N) is 1. The number of likely N-dealkylation sites (N-methyl/N-ethyl adjacent to an activating group) is 1. The van der Waals surface area contributed by atoms with Crippen molar-refractivity contribution in [2.75, 3.05) is 26.0 Å². The Labute approximate surface area is 163 Å². The molecule has 0 aliphatic rings. The summed E-state index contributed by atoms with van der Waals surface area (Å²) in [5.41, 5.74) is 1.33. The predicted molar refractivity (Wildman–Crippen MR) is 102 cm³/mol. The summed E-state index contributed by atoms with van der Waals surface area (Å²) in [5, 5.41) is 11.5. The molecule has 2 aromatic rings. The summed E-state index contributed by atoms with van der Waals surface area (Å²) in [5.74, 6) is -0.366. The number of carbonyl (C=O) groups excluding carboxylic acids is 1. The van der Waals surface area contributed by atoms with Crippen molar-refractivity contribution in [1.29, 1.82) is 5.26 Å². The van der Waals surface area contributed by atoms with Crippen LogP contribution in [0.25, 0.3) is 0 Å². The zero-order valence-corrected chi connectivity index (χ0v) is 16.3. The Bertz CT molecular complexity index is 969. The lowest BCUT2D eigenvalue weighted by molar-refractivity contribution is -0.116. The average Bonchev–Trinajstić information content (AvgIpc) is 2.63. The molecule has 0 atom stereocenters. The number of hydrogen-bond donors (Lipinski definition) is 1. The van der Waals surface area contributed by atoms with Crippen molar-refractivity contribution in [3.8, 4) is 11.8 Å². The number of carbonyl (C=O) groups is 1. The maximum atomic E-state index is 12.7. The number of nitriles is 1. The SMILES string of the molecule is COc1ccc(Cl)cc1S(=O)(=O)N(C)CC(=O)Nc1ccc(CC#N)cc1. The van der Waals surface area contributed by atoms with Crippen molar-refractivity contribution >= 4 is 33.2 Å². The van der Waals surface area contributed by atoms with Gasteiger partial charge in [0.1, 0.15) is 10.6 Å². The minimum absolute atomic E-state index is 0.117. The highest BCUT2D eigenvalue weighted by Crippen LogP contribution is 2.29. The number of benzene rings is 2. The molecular formula is C18H18ClN3O4S. The van der Waals surface area contributed by atoms with Crippen molar-refractivity contribution in [2.45, 2.75) is 11.3 Å². The molecule has 2 aromatic carbocycles. The van der Waals surface area contributed by atoms with E-state index in [2.05, 4.69) is 5.32 Å². The summed E-state index contributed by atoms with van der Waals surface area (Å²) in [6.45, 7) is -0.391. The topological polar surface area (TPSA) is 99.5 Å². The third kappa shape index (κ3) is 5.20. The first-order valence-corrected chi connectivity index (χ1v) is 9.65. The first kappa shape index (κ1) is 20.7. The van der Waals surface area contributed by atoms with Gasteiger partial charge < -0.3 is 10.1 Å². The lowest BCUT2D eigenvalue weighted by Gasteiger charge is -2.18. The monoisotopic (exact) mass is 407 g/mol. The van der Waals surface area contributed by atoms with Gasteiger partial charge in [0.15, 0.2) is 0 Å². The molecule has 0 saturated carbocycles. The van der Waals surface area contributed by atoms with Crippen molar-refractivity contribution in [3.05, 3.63) is 53.1 Å². The molecule has 7 nitrogen and oxygen atoms in total. The summed E-state index contributed by atoms with van der Waals surface area (Å²) >= 11 is 5.89. The number of rotatable bonds is 7. The summed E-state index contributed by atoms with van der Waals surface area (Å²) in [7, 11) is -1.33. The van der Waals surface area contributed by atoms with E-state index in [0.29, 0.717) is 5.69 Å². The van der Waals surface area contributed by atoms with E-state index in [-0.39, 0.29) is 22.1 Å². The van der Waals surface area contributed by atoms with Crippen LogP contribution in [0.3, 0.4) is 0 Å². The lowest BCUT2D eigenvalue weighted by atomic mass is 10.1. The van der Waals surface area contributed by atoms with Gasteiger partial charge in [0.05, 0.1) is 26.1 Å². The maximum absolute atomic E-state index is 12.7. The van der Waals surface area contributed by atoms with Gasteiger partial charge in [0, 0.05) is 17.8 Å². The van der Waals surface area contributed by atoms with E-state index in [1.54, 1.807) is 24.3 Å². The predicted octanol–water partition coefficient (Wildman–Crippen LogP) is 2.67. The summed E-state index contributed by atoms with van der Waals surface area (Å²) in [6.07, 6.45) is 0.274. The number of methoxy groups -OCH3 is 1. The summed E-state index contributed by atoms with van der Waals surface area (Å²) < 4.78 is 31.5. The smallest absolute Gasteiger partial charge is 0.247 e. The van der Waals surface area contributed by atoms with Crippen LogP contribution in [-0.2, 0) is 21.2 Å². The van der Waals surface area contributed by atoms with E-state index in [4.69, 9.17) is 21.6 Å². The highest BCUT2D eigenvalue weighted by atomic mass is 35.5. The summed E-state index contributed by atoms with van der Waals surface area (Å²) in [6, 6.07) is 13.0. The number of nitrogens with zero attached hydrogens (tertiary/aromatic N) is 2. The zero-order chi connectivity index (χ0) is 20.0. The van der Waals surface area contributed by atoms with Gasteiger partial charge in [-0.05, 0) is 35.9 Å². The molecule has 1 amide bonds. The number of halogens is 1. The van der Waals surface area contributed by atoms with Gasteiger partial charge in [-0.15, -0.1) is 0 Å². The molecule has 0 aromatic heterocycles. The van der Waals surface area contributed by atoms with Gasteiger partial charge in [0.2, 0.25) is 15.9 Å². The zero-order valence-electron chi connectivity index (χ0n) is 14.8. The number of sulfonamides is 1. The standard InChI is InChI=1S/C18H18ClN3O4S/c1-22(27(24,25)17-11-14(19)5-8-16(17)26-2)12-18(23)21-15-6-3-13(4-7-15)9-10-20/h3-8,11H,9,12H2,1-2H3,(H,21,23). The van der Waals surface area contributed by atoms with Crippen LogP contribution in [0, 0.1) is 11.3 Å². The number of anilines is 1. The normalized spacial score (nSPS) is 11.1. The van der Waals surface area contributed by atoms with E-state index < -0.39 is 22.5 Å². The van der Waals surface area contributed by atoms with Crippen LogP contribution < -0.4 is 10.1 Å². The van der Waals surface area contributed by atoms with Crippen LogP contribution in [-0.4, -0.2) is 39.3 Å². The molecule has 0 spiro atoms. The molecule has 9 heteroatoms. The Balaban J connectivity index is 2.11. The summed E-state index contributed by atoms with van der Waals surface area (Å²) in [4.78, 5) is 12.1. The van der Waals surface area contributed by atoms with Crippen molar-refractivity contribution in [2.24, 2.45) is 0 Å². The second kappa shape index (κ2) is 8.86. The van der Waals surface area contributed by atoms with E-state index in [9.17, 15) is 13.2 Å². The van der Waals surface area contributed by atoms with E-state index in [1.807, 2.05) is 6.07 Å². The quantitative estimate of drug-likeness (QED) is 0.760. The van der Waals surface area contributed by atoms with Crippen molar-refractivity contribution in [1.82, 2.24) is 4.31 Å². The Morgan fingerprint density at radius 1 is 1.26 bits per heavy atom. The minimum Gasteiger partial charge on any atom is -0.495 e. The molecule has 0 saturated heterocycles. The van der Waals surface area contributed by atoms with Crippen LogP contribution >= 0.6 is 11.6 Å². The van der Waals surface area contributed by atoms with Gasteiger partial charge in [-0.25, -0.2) is 8.42 Å². The fourth-order valence-corrected chi connectivity index (χ4v) is 3.85. The first-order chi connectivity index (χ1) is 12.8. The Morgan fingerprint density at radius 2 is 1.93 bits per heavy atom. The fraction of sp³-hybridized carbons (Fsp3) is 0.222. The number of amides is 1. The molecule has 0 radical (unpaired) electrons. The van der Waals surface area contributed by atoms with Gasteiger partial charge in [0.25, 0.3) is 0 Å². The van der Waals surface area contributed by atoms with E-state index in [0.717, 1.165) is 9.87 Å². The van der Waals surface area contributed by atoms with E-state index >= 15 is 0 Å². The Morgan fingerprint density at radius 3 is 2.52 bits per heavy atom. The molecule has 27 heavy (non-hydrogen) atoms. The second-order valence-corrected chi connectivity index (χ2v) is 8.09. The fourth-order valence-electron chi connectivity index (χ4n) is 2.30. The molecule has 0 heterocycles. The number of ether oxygens (including phenoxy) is 1. The molecule has 0 fully saturated rings. The molecule has 0 aliphatic heterocycles. The number of hydrogen-bond acceptors (Lipinski definition) is 5. The maximum Gasteiger partial charge on any atom is 0.247 e. The van der Waals surface area contributed by atoms with Crippen LogP contribution in [0.4, 0.5) is 5.69 Å². The molecule has 0 unspecified atom stereocenters. The Hall–Kier alpha value is -2.60. The molecule has 0 aliphatic carbocycles.